The number of rotatable bonds is 4. The summed E-state index contributed by atoms with van der Waals surface area (Å²) in [4.78, 5) is 12.1. The van der Waals surface area contributed by atoms with E-state index in [1.54, 1.807) is 0 Å². The third-order valence-corrected chi connectivity index (χ3v) is 3.61. The average Bonchev–Trinajstić information content (AvgIpc) is 2.29. The van der Waals surface area contributed by atoms with E-state index in [1.807, 2.05) is 13.8 Å². The summed E-state index contributed by atoms with van der Waals surface area (Å²) in [5.74, 6) is -0.470. The smallest absolute Gasteiger partial charge is 0.294 e. The molecule has 0 aliphatic carbocycles. The van der Waals surface area contributed by atoms with Gasteiger partial charge in [-0.3, -0.25) is 4.79 Å². The van der Waals surface area contributed by atoms with Crippen LogP contribution in [-0.2, 0) is 6.18 Å². The first-order chi connectivity index (χ1) is 8.31. The molecule has 0 amide bonds. The minimum atomic E-state index is -4.43. The quantitative estimate of drug-likeness (QED) is 0.706. The van der Waals surface area contributed by atoms with Crippen molar-refractivity contribution >= 4 is 21.7 Å². The van der Waals surface area contributed by atoms with Crippen LogP contribution in [0.5, 0.6) is 0 Å². The molecule has 0 aliphatic heterocycles. The molecule has 18 heavy (non-hydrogen) atoms. The SMILES string of the molecule is CCC(CC)C(=O)c1cc(C(F)(F)F)ccc1Br. The topological polar surface area (TPSA) is 17.1 Å². The first-order valence-corrected chi connectivity index (χ1v) is 6.51. The number of alkyl halides is 3. The van der Waals surface area contributed by atoms with Crippen molar-refractivity contribution in [2.45, 2.75) is 32.9 Å². The molecule has 0 saturated carbocycles. The van der Waals surface area contributed by atoms with Crippen LogP contribution >= 0.6 is 15.9 Å². The van der Waals surface area contributed by atoms with Crippen molar-refractivity contribution < 1.29 is 18.0 Å². The van der Waals surface area contributed by atoms with Crippen LogP contribution in [0, 0.1) is 5.92 Å². The van der Waals surface area contributed by atoms with Gasteiger partial charge in [0.25, 0.3) is 0 Å². The molecule has 0 fully saturated rings. The summed E-state index contributed by atoms with van der Waals surface area (Å²) in [5, 5.41) is 0. The standard InChI is InChI=1S/C13H14BrF3O/c1-3-8(4-2)12(18)10-7-9(13(15,16)17)5-6-11(10)14/h5-8H,3-4H2,1-2H3. The Labute approximate surface area is 113 Å². The molecule has 0 saturated heterocycles. The zero-order valence-corrected chi connectivity index (χ0v) is 11.7. The van der Waals surface area contributed by atoms with E-state index in [9.17, 15) is 18.0 Å². The summed E-state index contributed by atoms with van der Waals surface area (Å²) in [6, 6.07) is 3.16. The molecule has 1 nitrogen and oxygen atoms in total. The van der Waals surface area contributed by atoms with Crippen LogP contribution in [0.25, 0.3) is 0 Å². The number of ketones is 1. The zero-order chi connectivity index (χ0) is 13.9. The van der Waals surface area contributed by atoms with Gasteiger partial charge in [-0.15, -0.1) is 0 Å². The second-order valence-corrected chi connectivity index (χ2v) is 4.92. The molecule has 0 N–H and O–H groups in total. The van der Waals surface area contributed by atoms with Gasteiger partial charge in [0.2, 0.25) is 0 Å². The fraction of sp³-hybridized carbons (Fsp3) is 0.462. The molecular formula is C13H14BrF3O. The fourth-order valence-corrected chi connectivity index (χ4v) is 2.21. The largest absolute Gasteiger partial charge is 0.416 e. The summed E-state index contributed by atoms with van der Waals surface area (Å²) in [7, 11) is 0. The van der Waals surface area contributed by atoms with Crippen molar-refractivity contribution in [3.8, 4) is 0 Å². The maximum Gasteiger partial charge on any atom is 0.416 e. The van der Waals surface area contributed by atoms with Crippen molar-refractivity contribution in [2.24, 2.45) is 5.92 Å². The summed E-state index contributed by atoms with van der Waals surface area (Å²) in [6.45, 7) is 3.71. The highest BCUT2D eigenvalue weighted by Crippen LogP contribution is 2.33. The van der Waals surface area contributed by atoms with E-state index < -0.39 is 11.7 Å². The van der Waals surface area contributed by atoms with Gasteiger partial charge >= 0.3 is 6.18 Å². The number of carbonyl (C=O) groups excluding carboxylic acids is 1. The van der Waals surface area contributed by atoms with Crippen molar-refractivity contribution in [1.82, 2.24) is 0 Å². The molecule has 0 spiro atoms. The Balaban J connectivity index is 3.19. The molecule has 0 radical (unpaired) electrons. The number of halogens is 4. The highest BCUT2D eigenvalue weighted by molar-refractivity contribution is 9.10. The molecule has 0 aromatic heterocycles. The van der Waals surface area contributed by atoms with E-state index in [2.05, 4.69) is 15.9 Å². The van der Waals surface area contributed by atoms with Gasteiger partial charge in [-0.05, 0) is 31.0 Å². The lowest BCUT2D eigenvalue weighted by molar-refractivity contribution is -0.137. The minimum absolute atomic E-state index is 0.110. The summed E-state index contributed by atoms with van der Waals surface area (Å²) in [6.07, 6.45) is -3.18. The Morgan fingerprint density at radius 2 is 1.83 bits per heavy atom. The van der Waals surface area contributed by atoms with Gasteiger partial charge in [-0.25, -0.2) is 0 Å². The first-order valence-electron chi connectivity index (χ1n) is 5.72. The van der Waals surface area contributed by atoms with Crippen molar-refractivity contribution in [3.05, 3.63) is 33.8 Å². The van der Waals surface area contributed by atoms with Crippen LogP contribution in [0.15, 0.2) is 22.7 Å². The Bertz CT molecular complexity index is 436. The van der Waals surface area contributed by atoms with E-state index in [4.69, 9.17) is 0 Å². The monoisotopic (exact) mass is 322 g/mol. The fourth-order valence-electron chi connectivity index (χ4n) is 1.77. The maximum atomic E-state index is 12.6. The molecule has 1 rings (SSSR count). The number of Topliss-reactive ketones (excluding diaryl/α,β-unsaturated/α-hetero) is 1. The molecular weight excluding hydrogens is 309 g/mol. The zero-order valence-electron chi connectivity index (χ0n) is 10.1. The number of benzene rings is 1. The van der Waals surface area contributed by atoms with E-state index in [0.717, 1.165) is 12.1 Å². The first kappa shape index (κ1) is 15.2. The Hall–Kier alpha value is -0.840. The predicted molar refractivity (Wildman–Crippen MR) is 67.5 cm³/mol. The van der Waals surface area contributed by atoms with E-state index in [0.29, 0.717) is 17.3 Å². The van der Waals surface area contributed by atoms with Gasteiger partial charge in [0.05, 0.1) is 5.56 Å². The number of hydrogen-bond donors (Lipinski definition) is 0. The predicted octanol–water partition coefficient (Wildman–Crippen LogP) is 5.09. The summed E-state index contributed by atoms with van der Waals surface area (Å²) < 4.78 is 38.2. The van der Waals surface area contributed by atoms with Gasteiger partial charge in [-0.1, -0.05) is 29.8 Å². The highest BCUT2D eigenvalue weighted by Gasteiger charge is 2.32. The summed E-state index contributed by atoms with van der Waals surface area (Å²) in [5.41, 5.74) is -0.682. The maximum absolute atomic E-state index is 12.6. The lowest BCUT2D eigenvalue weighted by Gasteiger charge is -2.14. The lowest BCUT2D eigenvalue weighted by Crippen LogP contribution is -2.15. The van der Waals surface area contributed by atoms with Crippen LogP contribution < -0.4 is 0 Å². The highest BCUT2D eigenvalue weighted by atomic mass is 79.9. The van der Waals surface area contributed by atoms with E-state index in [1.165, 1.54) is 6.07 Å². The molecule has 0 bridgehead atoms. The van der Waals surface area contributed by atoms with Crippen molar-refractivity contribution in [1.29, 1.82) is 0 Å². The van der Waals surface area contributed by atoms with Gasteiger partial charge in [-0.2, -0.15) is 13.2 Å². The number of carbonyl (C=O) groups is 1. The molecule has 1 aromatic carbocycles. The third kappa shape index (κ3) is 3.34. The molecule has 0 aliphatic rings. The van der Waals surface area contributed by atoms with Gasteiger partial charge in [0.15, 0.2) is 5.78 Å². The van der Waals surface area contributed by atoms with Crippen LogP contribution in [-0.4, -0.2) is 5.78 Å². The van der Waals surface area contributed by atoms with Gasteiger partial charge in [0.1, 0.15) is 0 Å². The second kappa shape index (κ2) is 5.87. The molecule has 0 unspecified atom stereocenters. The molecule has 0 atom stereocenters. The normalized spacial score (nSPS) is 11.9. The van der Waals surface area contributed by atoms with Crippen molar-refractivity contribution in [3.63, 3.8) is 0 Å². The van der Waals surface area contributed by atoms with E-state index in [-0.39, 0.29) is 17.3 Å². The lowest BCUT2D eigenvalue weighted by atomic mass is 9.92. The van der Waals surface area contributed by atoms with Crippen molar-refractivity contribution in [2.75, 3.05) is 0 Å². The molecule has 0 heterocycles. The minimum Gasteiger partial charge on any atom is -0.294 e. The van der Waals surface area contributed by atoms with Gasteiger partial charge in [0, 0.05) is 16.0 Å². The molecule has 5 heteroatoms. The third-order valence-electron chi connectivity index (χ3n) is 2.92. The Kier molecular flexibility index (Phi) is 4.96. The second-order valence-electron chi connectivity index (χ2n) is 4.07. The van der Waals surface area contributed by atoms with Crippen LogP contribution in [0.4, 0.5) is 13.2 Å². The Morgan fingerprint density at radius 3 is 2.28 bits per heavy atom. The Morgan fingerprint density at radius 1 is 1.28 bits per heavy atom. The molecule has 100 valence electrons. The number of hydrogen-bond acceptors (Lipinski definition) is 1. The molecule has 1 aromatic rings. The van der Waals surface area contributed by atoms with Crippen LogP contribution in [0.2, 0.25) is 0 Å². The van der Waals surface area contributed by atoms with Crippen LogP contribution in [0.1, 0.15) is 42.6 Å². The summed E-state index contributed by atoms with van der Waals surface area (Å²) >= 11 is 3.14. The van der Waals surface area contributed by atoms with E-state index >= 15 is 0 Å². The van der Waals surface area contributed by atoms with Gasteiger partial charge < -0.3 is 0 Å². The van der Waals surface area contributed by atoms with Crippen LogP contribution in [0.3, 0.4) is 0 Å². The average molecular weight is 323 g/mol.